The van der Waals surface area contributed by atoms with E-state index in [2.05, 4.69) is 4.99 Å². The van der Waals surface area contributed by atoms with Gasteiger partial charge in [-0.05, 0) is 17.7 Å². The summed E-state index contributed by atoms with van der Waals surface area (Å²) in [6, 6.07) is 7.58. The lowest BCUT2D eigenvalue weighted by Gasteiger charge is -2.02. The van der Waals surface area contributed by atoms with Gasteiger partial charge in [0.25, 0.3) is 0 Å². The minimum atomic E-state index is -3.76. The molecule has 0 fully saturated rings. The van der Waals surface area contributed by atoms with Gasteiger partial charge in [0.05, 0.1) is 16.4 Å². The molecule has 2 aromatic rings. The summed E-state index contributed by atoms with van der Waals surface area (Å²) >= 11 is 0. The number of hydrogen-bond acceptors (Lipinski definition) is 7. The molecule has 0 aliphatic rings. The van der Waals surface area contributed by atoms with Crippen LogP contribution in [-0.4, -0.2) is 29.8 Å². The summed E-state index contributed by atoms with van der Waals surface area (Å²) in [5.41, 5.74) is 0.193. The van der Waals surface area contributed by atoms with Crippen molar-refractivity contribution in [1.82, 2.24) is 0 Å². The number of primary sulfonamides is 1. The van der Waals surface area contributed by atoms with E-state index < -0.39 is 26.4 Å². The van der Waals surface area contributed by atoms with Crippen molar-refractivity contribution in [3.8, 4) is 11.5 Å². The van der Waals surface area contributed by atoms with Crippen LogP contribution in [0.4, 0.5) is 5.69 Å². The van der Waals surface area contributed by atoms with E-state index in [1.165, 1.54) is 30.5 Å². The Morgan fingerprint density at radius 2 is 1.79 bits per heavy atom. The van der Waals surface area contributed by atoms with E-state index in [-0.39, 0.29) is 22.8 Å². The van der Waals surface area contributed by atoms with Crippen LogP contribution in [0.2, 0.25) is 0 Å². The van der Waals surface area contributed by atoms with Crippen LogP contribution in [0.1, 0.15) is 11.1 Å². The van der Waals surface area contributed by atoms with Gasteiger partial charge in [-0.2, -0.15) is 0 Å². The topological polar surface area (TPSA) is 156 Å². The number of nitro groups is 1. The maximum Gasteiger partial charge on any atom is 0.311 e. The Morgan fingerprint density at radius 3 is 2.33 bits per heavy atom. The summed E-state index contributed by atoms with van der Waals surface area (Å²) in [5, 5.41) is 34.8. The molecule has 0 unspecified atom stereocenters. The zero-order valence-corrected chi connectivity index (χ0v) is 13.0. The molecule has 0 radical (unpaired) electrons. The largest absolute Gasteiger partial charge is 0.507 e. The molecule has 9 nitrogen and oxygen atoms in total. The van der Waals surface area contributed by atoms with Crippen LogP contribution in [0, 0.1) is 10.1 Å². The molecule has 0 saturated heterocycles. The molecule has 0 amide bonds. The molecule has 126 valence electrons. The van der Waals surface area contributed by atoms with Crippen LogP contribution in [0.5, 0.6) is 11.5 Å². The van der Waals surface area contributed by atoms with Crippen LogP contribution < -0.4 is 5.14 Å². The van der Waals surface area contributed by atoms with Gasteiger partial charge in [0, 0.05) is 23.9 Å². The minimum absolute atomic E-state index is 0.0259. The molecule has 0 spiro atoms. The van der Waals surface area contributed by atoms with Gasteiger partial charge in [-0.1, -0.05) is 12.1 Å². The van der Waals surface area contributed by atoms with Gasteiger partial charge in [-0.15, -0.1) is 0 Å². The van der Waals surface area contributed by atoms with Crippen LogP contribution in [0.3, 0.4) is 0 Å². The second kappa shape index (κ2) is 6.64. The smallest absolute Gasteiger partial charge is 0.311 e. The standard InChI is InChI=1S/C14H13N3O6S/c15-24(22,23)11-3-1-9(2-4-11)7-16-8-10-5-12(17(20)21)14(19)6-13(10)18/h1-6,8,18-19H,7H2,(H2,15,22,23). The van der Waals surface area contributed by atoms with E-state index >= 15 is 0 Å². The zero-order chi connectivity index (χ0) is 17.9. The summed E-state index contributed by atoms with van der Waals surface area (Å²) in [6.45, 7) is 0.152. The fourth-order valence-corrected chi connectivity index (χ4v) is 2.38. The number of nitrogens with two attached hydrogens (primary N) is 1. The molecule has 4 N–H and O–H groups in total. The number of nitro benzene ring substituents is 1. The van der Waals surface area contributed by atoms with Crippen molar-refractivity contribution in [3.63, 3.8) is 0 Å². The Hall–Kier alpha value is -2.98. The minimum Gasteiger partial charge on any atom is -0.507 e. The lowest BCUT2D eigenvalue weighted by molar-refractivity contribution is -0.385. The average molecular weight is 351 g/mol. The Bertz CT molecular complexity index is 907. The zero-order valence-electron chi connectivity index (χ0n) is 12.2. The van der Waals surface area contributed by atoms with Gasteiger partial charge < -0.3 is 10.2 Å². The van der Waals surface area contributed by atoms with Gasteiger partial charge in [-0.25, -0.2) is 13.6 Å². The summed E-state index contributed by atoms with van der Waals surface area (Å²) in [4.78, 5) is 14.0. The summed E-state index contributed by atoms with van der Waals surface area (Å²) in [5.74, 6) is -1.00. The van der Waals surface area contributed by atoms with E-state index in [1.807, 2.05) is 0 Å². The average Bonchev–Trinajstić information content (AvgIpc) is 2.48. The molecular formula is C14H13N3O6S. The van der Waals surface area contributed by atoms with Crippen LogP contribution in [0.15, 0.2) is 46.3 Å². The molecule has 0 aliphatic carbocycles. The quantitative estimate of drug-likeness (QED) is 0.418. The third-order valence-electron chi connectivity index (χ3n) is 3.08. The van der Waals surface area contributed by atoms with Crippen molar-refractivity contribution in [3.05, 3.63) is 57.6 Å². The molecule has 0 aliphatic heterocycles. The second-order valence-electron chi connectivity index (χ2n) is 4.82. The lowest BCUT2D eigenvalue weighted by atomic mass is 10.1. The predicted molar refractivity (Wildman–Crippen MR) is 85.5 cm³/mol. The molecule has 0 heterocycles. The van der Waals surface area contributed by atoms with Crippen LogP contribution in [-0.2, 0) is 16.6 Å². The van der Waals surface area contributed by atoms with Gasteiger partial charge in [0.2, 0.25) is 10.0 Å². The number of phenols is 2. The van der Waals surface area contributed by atoms with Crippen molar-refractivity contribution in [2.75, 3.05) is 0 Å². The fourth-order valence-electron chi connectivity index (χ4n) is 1.87. The first-order chi connectivity index (χ1) is 11.2. The van der Waals surface area contributed by atoms with Gasteiger partial charge >= 0.3 is 5.69 Å². The van der Waals surface area contributed by atoms with Gasteiger partial charge in [0.1, 0.15) is 5.75 Å². The Kier molecular flexibility index (Phi) is 4.81. The molecule has 0 atom stereocenters. The molecular weight excluding hydrogens is 338 g/mol. The molecule has 0 aromatic heterocycles. The number of sulfonamides is 1. The number of rotatable bonds is 5. The Balaban J connectivity index is 2.17. The number of aromatic hydroxyl groups is 2. The lowest BCUT2D eigenvalue weighted by Crippen LogP contribution is -2.11. The summed E-state index contributed by atoms with van der Waals surface area (Å²) in [7, 11) is -3.76. The van der Waals surface area contributed by atoms with Crippen LogP contribution in [0.25, 0.3) is 0 Å². The molecule has 10 heteroatoms. The normalized spacial score (nSPS) is 11.7. The Morgan fingerprint density at radius 1 is 1.17 bits per heavy atom. The first-order valence-corrected chi connectivity index (χ1v) is 8.05. The molecule has 0 saturated carbocycles. The van der Waals surface area contributed by atoms with E-state index in [1.54, 1.807) is 0 Å². The highest BCUT2D eigenvalue weighted by atomic mass is 32.2. The van der Waals surface area contributed by atoms with Crippen molar-refractivity contribution < 1.29 is 23.6 Å². The Labute approximate surface area is 136 Å². The van der Waals surface area contributed by atoms with Gasteiger partial charge in [0.15, 0.2) is 5.75 Å². The third-order valence-corrected chi connectivity index (χ3v) is 4.01. The number of hydrogen-bond donors (Lipinski definition) is 3. The number of nitrogens with zero attached hydrogens (tertiary/aromatic N) is 2. The summed E-state index contributed by atoms with van der Waals surface area (Å²) < 4.78 is 22.3. The molecule has 2 aromatic carbocycles. The van der Waals surface area contributed by atoms with E-state index in [9.17, 15) is 28.7 Å². The first-order valence-electron chi connectivity index (χ1n) is 6.50. The maximum atomic E-state index is 11.1. The highest BCUT2D eigenvalue weighted by Crippen LogP contribution is 2.32. The third kappa shape index (κ3) is 4.06. The van der Waals surface area contributed by atoms with Gasteiger partial charge in [-0.3, -0.25) is 15.1 Å². The SMILES string of the molecule is NS(=O)(=O)c1ccc(CN=Cc2cc([N+](=O)[O-])c(O)cc2O)cc1. The van der Waals surface area contributed by atoms with Crippen molar-refractivity contribution >= 4 is 21.9 Å². The number of phenolic OH excluding ortho intramolecular Hbond substituents is 2. The fraction of sp³-hybridized carbons (Fsp3) is 0.0714. The molecule has 24 heavy (non-hydrogen) atoms. The first kappa shape index (κ1) is 17.4. The monoisotopic (exact) mass is 351 g/mol. The van der Waals surface area contributed by atoms with Crippen molar-refractivity contribution in [1.29, 1.82) is 0 Å². The van der Waals surface area contributed by atoms with E-state index in [0.29, 0.717) is 5.56 Å². The maximum absolute atomic E-state index is 11.1. The van der Waals surface area contributed by atoms with Crippen molar-refractivity contribution in [2.45, 2.75) is 11.4 Å². The van der Waals surface area contributed by atoms with E-state index in [0.717, 1.165) is 12.1 Å². The molecule has 0 bridgehead atoms. The van der Waals surface area contributed by atoms with Crippen LogP contribution >= 0.6 is 0 Å². The highest BCUT2D eigenvalue weighted by Gasteiger charge is 2.16. The number of benzene rings is 2. The van der Waals surface area contributed by atoms with Crippen molar-refractivity contribution in [2.24, 2.45) is 10.1 Å². The molecule has 2 rings (SSSR count). The van der Waals surface area contributed by atoms with E-state index in [4.69, 9.17) is 5.14 Å². The second-order valence-corrected chi connectivity index (χ2v) is 6.38. The summed E-state index contributed by atoms with van der Waals surface area (Å²) in [6.07, 6.45) is 1.22. The predicted octanol–water partition coefficient (Wildman–Crippen LogP) is 1.27. The highest BCUT2D eigenvalue weighted by molar-refractivity contribution is 7.89. The number of aliphatic imine (C=N–C) groups is 1.